The molecule has 0 heterocycles. The van der Waals surface area contributed by atoms with Crippen molar-refractivity contribution in [2.75, 3.05) is 0 Å². The van der Waals surface area contributed by atoms with Gasteiger partial charge >= 0.3 is 43.0 Å². The zero-order valence-electron chi connectivity index (χ0n) is 57.5. The first-order valence-corrected chi connectivity index (χ1v) is 37.7. The predicted molar refractivity (Wildman–Crippen MR) is 397 cm³/mol. The molecule has 0 unspecified atom stereocenters. The van der Waals surface area contributed by atoms with E-state index < -0.39 is 32.5 Å². The van der Waals surface area contributed by atoms with Crippen LogP contribution in [0.25, 0.3) is 20.7 Å². The second-order valence-corrected chi connectivity index (χ2v) is 38.0. The van der Waals surface area contributed by atoms with Crippen molar-refractivity contribution >= 4 is 71.4 Å². The molecule has 8 aromatic carbocycles. The summed E-state index contributed by atoms with van der Waals surface area (Å²) in [5, 5.41) is 26.4. The molecule has 0 atom stereocenters. The molecule has 8 aromatic rings. The molecule has 0 aromatic heterocycles. The topological polar surface area (TPSA) is 87.7 Å². The summed E-state index contributed by atoms with van der Waals surface area (Å²) < 4.78 is 0. The third-order valence-corrected chi connectivity index (χ3v) is 26.6. The normalized spacial score (nSPS) is 10.8. The standard InChI is InChI=1S/C18H15OSi.3C15H26NP.C7H6N.C7H8.Co.Zr/c19-20(16-10-4-1-5-11-16,17-12-6-2-7-13-17)18-14-8-3-9-15-18;3*1-10(2)17(11(3)4)16-15-13(6)8-12(5)9-14(15)7;8-6-7-4-2-1-3-5-7;1-7-5-3-2-4-6-7;;/h1-15H;3*8-11,17H,1-7H3;1-6H;2-6H,1H3;;/q-1;;;;-1;;+3;+2. The number of aryl methyl sites for hydroxylation is 10. The molecule has 0 aliphatic carbocycles. The van der Waals surface area contributed by atoms with E-state index in [1.54, 1.807) is 0 Å². The minimum absolute atomic E-state index is 0. The second-order valence-electron chi connectivity index (χ2n) is 24.8. The van der Waals surface area contributed by atoms with E-state index in [-0.39, 0.29) is 43.0 Å². The van der Waals surface area contributed by atoms with E-state index in [1.165, 1.54) is 72.7 Å². The Morgan fingerprint density at radius 2 is 0.523 bits per heavy atom. The molecule has 0 fully saturated rings. The van der Waals surface area contributed by atoms with Crippen molar-refractivity contribution in [3.8, 4) is 0 Å². The Hall–Kier alpha value is -4.31. The van der Waals surface area contributed by atoms with Crippen LogP contribution in [0.5, 0.6) is 0 Å². The first kappa shape index (κ1) is 81.7. The van der Waals surface area contributed by atoms with Crippen molar-refractivity contribution in [2.24, 2.45) is 0 Å². The van der Waals surface area contributed by atoms with Gasteiger partial charge in [0.25, 0.3) is 0 Å². The van der Waals surface area contributed by atoms with Crippen LogP contribution in [0, 0.1) is 69.2 Å². The van der Waals surface area contributed by atoms with Crippen LogP contribution >= 0.6 is 24.2 Å². The monoisotopic (exact) mass is 1370 g/mol. The fourth-order valence-corrected chi connectivity index (χ4v) is 21.2. The van der Waals surface area contributed by atoms with E-state index in [1.807, 2.05) is 140 Å². The molecule has 0 bridgehead atoms. The predicted octanol–water partition coefficient (Wildman–Crippen LogP) is 21.4. The summed E-state index contributed by atoms with van der Waals surface area (Å²) in [5.74, 6) is 0. The van der Waals surface area contributed by atoms with Crippen molar-refractivity contribution in [3.05, 3.63) is 270 Å². The molecule has 0 aliphatic rings. The molecular formula is C77H107CoN4OP3SiZr+3. The van der Waals surface area contributed by atoms with Gasteiger partial charge in [-0.25, -0.2) is 0 Å². The van der Waals surface area contributed by atoms with Gasteiger partial charge in [-0.3, -0.25) is 0 Å². The third kappa shape index (κ3) is 27.3. The summed E-state index contributed by atoms with van der Waals surface area (Å²) in [7, 11) is -5.12. The minimum Gasteiger partial charge on any atom is -0.848 e. The van der Waals surface area contributed by atoms with E-state index in [4.69, 9.17) is 20.7 Å². The minimum atomic E-state index is -3.13. The fraction of sp³-hybridized carbons (Fsp3) is 0.364. The van der Waals surface area contributed by atoms with Crippen LogP contribution in [0.2, 0.25) is 0 Å². The smallest absolute Gasteiger partial charge is 0.848 e. The molecule has 88 heavy (non-hydrogen) atoms. The van der Waals surface area contributed by atoms with Gasteiger partial charge in [-0.2, -0.15) is 6.21 Å². The zero-order chi connectivity index (χ0) is 64.3. The van der Waals surface area contributed by atoms with E-state index in [2.05, 4.69) is 201 Å². The van der Waals surface area contributed by atoms with E-state index in [0.29, 0.717) is 34.0 Å². The van der Waals surface area contributed by atoms with Gasteiger partial charge < -0.3 is 25.5 Å². The number of nitrogens with zero attached hydrogens (tertiary/aromatic N) is 4. The van der Waals surface area contributed by atoms with Gasteiger partial charge in [0.2, 0.25) is 0 Å². The summed E-state index contributed by atoms with van der Waals surface area (Å²) in [6, 6.07) is 62.3. The molecule has 0 radical (unpaired) electrons. The molecule has 0 saturated carbocycles. The summed E-state index contributed by atoms with van der Waals surface area (Å²) in [6.07, 6.45) is 1.08. The molecule has 0 spiro atoms. The van der Waals surface area contributed by atoms with Gasteiger partial charge in [0.05, 0.1) is 42.3 Å². The molecule has 11 heteroatoms. The maximum atomic E-state index is 13.8. The molecule has 0 aliphatic heterocycles. The first-order valence-electron chi connectivity index (χ1n) is 31.0. The van der Waals surface area contributed by atoms with Crippen LogP contribution < -0.4 is 20.4 Å². The summed E-state index contributed by atoms with van der Waals surface area (Å²) >= 11 is 0. The fourth-order valence-electron chi connectivity index (χ4n) is 10.8. The van der Waals surface area contributed by atoms with Gasteiger partial charge in [0, 0.05) is 0 Å². The number of hydrogen-bond donors (Lipinski definition) is 0. The van der Waals surface area contributed by atoms with Crippen LogP contribution in [-0.2, 0) is 43.0 Å². The van der Waals surface area contributed by atoms with Crippen molar-refractivity contribution in [3.63, 3.8) is 0 Å². The Morgan fingerprint density at radius 1 is 0.330 bits per heavy atom. The average Bonchev–Trinajstić information content (AvgIpc) is 2.34. The number of rotatable bonds is 16. The summed E-state index contributed by atoms with van der Waals surface area (Å²) in [6.45, 7) is 49.2. The molecular weight excluding hydrogens is 1270 g/mol. The first-order chi connectivity index (χ1) is 40.6. The Morgan fingerprint density at radius 3 is 0.682 bits per heavy atom. The van der Waals surface area contributed by atoms with Gasteiger partial charge in [0.15, 0.2) is 0 Å². The van der Waals surface area contributed by atoms with Crippen molar-refractivity contribution in [2.45, 2.75) is 186 Å². The molecule has 0 saturated heterocycles. The molecule has 8 rings (SSSR count). The van der Waals surface area contributed by atoms with Gasteiger partial charge in [-0.05, 0) is 158 Å². The van der Waals surface area contributed by atoms with Crippen molar-refractivity contribution in [1.29, 1.82) is 0 Å². The largest absolute Gasteiger partial charge is 3.00 e. The van der Waals surface area contributed by atoms with Crippen molar-refractivity contribution < 1.29 is 47.8 Å². The summed E-state index contributed by atoms with van der Waals surface area (Å²) in [5.41, 5.74) is 22.0. The van der Waals surface area contributed by atoms with Gasteiger partial charge in [-0.1, -0.05) is 283 Å². The molecule has 5 nitrogen and oxygen atoms in total. The second kappa shape index (κ2) is 41.9. The zero-order valence-corrected chi connectivity index (χ0v) is 65.0. The number of hydrogen-bond acceptors (Lipinski definition) is 1. The van der Waals surface area contributed by atoms with Crippen LogP contribution in [-0.4, -0.2) is 48.5 Å². The summed E-state index contributed by atoms with van der Waals surface area (Å²) in [4.78, 5) is 13.8. The van der Waals surface area contributed by atoms with Crippen LogP contribution in [0.3, 0.4) is 0 Å². The Labute approximate surface area is 570 Å². The Kier molecular flexibility index (Phi) is 38.9. The Balaban J connectivity index is 0.000000540. The Bertz CT molecular complexity index is 2840. The van der Waals surface area contributed by atoms with Crippen LogP contribution in [0.15, 0.2) is 188 Å². The van der Waals surface area contributed by atoms with E-state index >= 15 is 0 Å². The molecule has 470 valence electrons. The van der Waals surface area contributed by atoms with E-state index in [0.717, 1.165) is 27.3 Å². The SMILES string of the molecule is Cc1cc(C)c([N-][PH+](C(C)C)C(C)C)c(C)c1.Cc1cc(C)c([N-][PH+](C(C)C)C(C)C)c(C)c1.Cc1cc(C)c([N-][PH+](C(C)C)C(C)C)c(C)c1.Cc1ccccc1.[Co+3].[N-]=Cc1ccccc1.[O-][Si](c1ccccc1)(c1ccccc1)c1ccccc1.[Zr+2]. The number of benzene rings is 8. The van der Waals surface area contributed by atoms with Crippen LogP contribution in [0.1, 0.15) is 144 Å². The third-order valence-electron chi connectivity index (χ3n) is 14.6. The quantitative estimate of drug-likeness (QED) is 0.0410. The van der Waals surface area contributed by atoms with Gasteiger partial charge in [-0.15, -0.1) is 17.1 Å². The van der Waals surface area contributed by atoms with Crippen LogP contribution in [0.4, 0.5) is 17.1 Å². The van der Waals surface area contributed by atoms with E-state index in [9.17, 15) is 4.80 Å². The molecule has 0 N–H and O–H groups in total. The average molecular weight is 1380 g/mol. The maximum absolute atomic E-state index is 13.8. The van der Waals surface area contributed by atoms with Gasteiger partial charge in [0.1, 0.15) is 0 Å². The van der Waals surface area contributed by atoms with Crippen molar-refractivity contribution in [1.82, 2.24) is 0 Å². The molecule has 0 amide bonds. The maximum Gasteiger partial charge on any atom is 3.00 e.